The van der Waals surface area contributed by atoms with Crippen LogP contribution in [-0.2, 0) is 0 Å². The lowest BCUT2D eigenvalue weighted by Gasteiger charge is -2.33. The maximum Gasteiger partial charge on any atom is 0.0116 e. The summed E-state index contributed by atoms with van der Waals surface area (Å²) in [6.45, 7) is 6.31. The Hall–Kier alpha value is -0.120. The smallest absolute Gasteiger partial charge is 0.0116 e. The van der Waals surface area contributed by atoms with Gasteiger partial charge in [0.1, 0.15) is 0 Å². The Morgan fingerprint density at radius 3 is 2.60 bits per heavy atom. The lowest BCUT2D eigenvalue weighted by Crippen LogP contribution is -2.43. The molecule has 0 aromatic rings. The summed E-state index contributed by atoms with van der Waals surface area (Å²) in [5.41, 5.74) is 0. The van der Waals surface area contributed by atoms with Crippen LogP contribution in [0.3, 0.4) is 0 Å². The van der Waals surface area contributed by atoms with Crippen LogP contribution in [-0.4, -0.2) is 62.7 Å². The van der Waals surface area contributed by atoms with E-state index in [0.717, 1.165) is 12.0 Å². The summed E-state index contributed by atoms with van der Waals surface area (Å²) in [5.74, 6) is 0.912. The first-order valence-corrected chi connectivity index (χ1v) is 6.35. The lowest BCUT2D eigenvalue weighted by atomic mass is 10.0. The maximum atomic E-state index is 3.44. The molecule has 3 nitrogen and oxygen atoms in total. The normalized spacial score (nSPS) is 30.2. The second kappa shape index (κ2) is 5.28. The topological polar surface area (TPSA) is 18.5 Å². The minimum atomic E-state index is 0.831. The molecule has 3 heteroatoms. The second-order valence-corrected chi connectivity index (χ2v) is 5.34. The Labute approximate surface area is 93.8 Å². The third-order valence-electron chi connectivity index (χ3n) is 3.97. The molecule has 1 atom stereocenters. The quantitative estimate of drug-likeness (QED) is 0.738. The van der Waals surface area contributed by atoms with Gasteiger partial charge < -0.3 is 15.1 Å². The highest BCUT2D eigenvalue weighted by Crippen LogP contribution is 2.18. The number of rotatable bonds is 3. The Balaban J connectivity index is 1.73. The van der Waals surface area contributed by atoms with Gasteiger partial charge in [-0.25, -0.2) is 0 Å². The number of hydrogen-bond acceptors (Lipinski definition) is 3. The van der Waals surface area contributed by atoms with Gasteiger partial charge in [-0.1, -0.05) is 0 Å². The first kappa shape index (κ1) is 11.4. The van der Waals surface area contributed by atoms with Crippen molar-refractivity contribution in [2.75, 3.05) is 46.8 Å². The molecular weight excluding hydrogens is 186 g/mol. The molecule has 2 saturated heterocycles. The molecule has 0 radical (unpaired) electrons. The molecule has 0 aliphatic carbocycles. The minimum Gasteiger partial charge on any atom is -0.317 e. The highest BCUT2D eigenvalue weighted by molar-refractivity contribution is 4.80. The zero-order chi connectivity index (χ0) is 10.7. The molecule has 0 bridgehead atoms. The number of hydrogen-bond donors (Lipinski definition) is 1. The third kappa shape index (κ3) is 3.16. The van der Waals surface area contributed by atoms with Gasteiger partial charge in [0.05, 0.1) is 0 Å². The predicted molar refractivity (Wildman–Crippen MR) is 64.1 cm³/mol. The molecule has 0 aromatic carbocycles. The van der Waals surface area contributed by atoms with Crippen LogP contribution >= 0.6 is 0 Å². The van der Waals surface area contributed by atoms with E-state index in [4.69, 9.17) is 0 Å². The van der Waals surface area contributed by atoms with E-state index in [0.29, 0.717) is 0 Å². The molecule has 0 spiro atoms. The van der Waals surface area contributed by atoms with Gasteiger partial charge in [0.25, 0.3) is 0 Å². The van der Waals surface area contributed by atoms with Crippen LogP contribution in [0.2, 0.25) is 0 Å². The van der Waals surface area contributed by atoms with Crippen LogP contribution in [0.4, 0.5) is 0 Å². The molecule has 1 unspecified atom stereocenters. The summed E-state index contributed by atoms with van der Waals surface area (Å²) < 4.78 is 0. The molecule has 88 valence electrons. The van der Waals surface area contributed by atoms with E-state index < -0.39 is 0 Å². The summed E-state index contributed by atoms with van der Waals surface area (Å²) in [4.78, 5) is 5.06. The van der Waals surface area contributed by atoms with Gasteiger partial charge in [0, 0.05) is 19.1 Å². The van der Waals surface area contributed by atoms with Crippen LogP contribution in [0.1, 0.15) is 19.3 Å². The monoisotopic (exact) mass is 211 g/mol. The fourth-order valence-corrected chi connectivity index (χ4v) is 2.98. The summed E-state index contributed by atoms with van der Waals surface area (Å²) in [6.07, 6.45) is 4.06. The zero-order valence-electron chi connectivity index (χ0n) is 10.2. The van der Waals surface area contributed by atoms with Gasteiger partial charge in [0.2, 0.25) is 0 Å². The first-order chi connectivity index (χ1) is 7.25. The summed E-state index contributed by atoms with van der Waals surface area (Å²) in [5, 5.41) is 3.44. The van der Waals surface area contributed by atoms with E-state index in [9.17, 15) is 0 Å². The fourth-order valence-electron chi connectivity index (χ4n) is 2.98. The van der Waals surface area contributed by atoms with E-state index in [1.54, 1.807) is 0 Å². The second-order valence-electron chi connectivity index (χ2n) is 5.34. The Morgan fingerprint density at radius 2 is 2.00 bits per heavy atom. The van der Waals surface area contributed by atoms with E-state index in [1.165, 1.54) is 52.0 Å². The van der Waals surface area contributed by atoms with Crippen molar-refractivity contribution >= 4 is 0 Å². The Kier molecular flexibility index (Phi) is 4.00. The van der Waals surface area contributed by atoms with Crippen molar-refractivity contribution in [3.8, 4) is 0 Å². The van der Waals surface area contributed by atoms with Crippen molar-refractivity contribution in [2.45, 2.75) is 25.3 Å². The highest BCUT2D eigenvalue weighted by Gasteiger charge is 2.24. The van der Waals surface area contributed by atoms with Crippen molar-refractivity contribution in [1.29, 1.82) is 0 Å². The highest BCUT2D eigenvalue weighted by atomic mass is 15.2. The van der Waals surface area contributed by atoms with Crippen molar-refractivity contribution in [1.82, 2.24) is 15.1 Å². The van der Waals surface area contributed by atoms with Gasteiger partial charge in [-0.15, -0.1) is 0 Å². The predicted octanol–water partition coefficient (Wildman–Crippen LogP) is 0.622. The Bertz CT molecular complexity index is 189. The number of likely N-dealkylation sites (tertiary alicyclic amines) is 1. The largest absolute Gasteiger partial charge is 0.317 e. The van der Waals surface area contributed by atoms with Crippen LogP contribution in [0.25, 0.3) is 0 Å². The molecule has 2 aliphatic rings. The minimum absolute atomic E-state index is 0.831. The number of nitrogens with zero attached hydrogens (tertiary/aromatic N) is 2. The average molecular weight is 211 g/mol. The maximum absolute atomic E-state index is 3.44. The van der Waals surface area contributed by atoms with Crippen LogP contribution in [0.5, 0.6) is 0 Å². The number of nitrogens with one attached hydrogen (secondary N) is 1. The van der Waals surface area contributed by atoms with Gasteiger partial charge in [-0.05, 0) is 58.9 Å². The van der Waals surface area contributed by atoms with E-state index in [1.807, 2.05) is 0 Å². The molecule has 1 N–H and O–H groups in total. The van der Waals surface area contributed by atoms with Gasteiger partial charge in [-0.2, -0.15) is 0 Å². The molecule has 2 heterocycles. The molecule has 15 heavy (non-hydrogen) atoms. The zero-order valence-corrected chi connectivity index (χ0v) is 10.2. The van der Waals surface area contributed by atoms with Crippen molar-refractivity contribution < 1.29 is 0 Å². The number of piperidine rings is 1. The standard InChI is InChI=1S/C12H25N3/c1-14-8-5-11(9-14)10-15(2)12-3-6-13-7-4-12/h11-13H,3-10H2,1-2H3. The van der Waals surface area contributed by atoms with Crippen LogP contribution in [0.15, 0.2) is 0 Å². The van der Waals surface area contributed by atoms with Crippen molar-refractivity contribution in [3.63, 3.8) is 0 Å². The lowest BCUT2D eigenvalue weighted by molar-refractivity contribution is 0.173. The van der Waals surface area contributed by atoms with Gasteiger partial charge in [-0.3, -0.25) is 0 Å². The van der Waals surface area contributed by atoms with Gasteiger partial charge in [0.15, 0.2) is 0 Å². The average Bonchev–Trinajstić information content (AvgIpc) is 2.65. The first-order valence-electron chi connectivity index (χ1n) is 6.35. The molecule has 2 fully saturated rings. The van der Waals surface area contributed by atoms with E-state index >= 15 is 0 Å². The SMILES string of the molecule is CN1CCC(CN(C)C2CCNCC2)C1. The Morgan fingerprint density at radius 1 is 1.27 bits per heavy atom. The van der Waals surface area contributed by atoms with E-state index in [2.05, 4.69) is 29.2 Å². The molecule has 0 saturated carbocycles. The van der Waals surface area contributed by atoms with E-state index in [-0.39, 0.29) is 0 Å². The van der Waals surface area contributed by atoms with Crippen LogP contribution in [0, 0.1) is 5.92 Å². The van der Waals surface area contributed by atoms with Crippen molar-refractivity contribution in [2.24, 2.45) is 5.92 Å². The molecule has 2 rings (SSSR count). The van der Waals surface area contributed by atoms with Gasteiger partial charge >= 0.3 is 0 Å². The summed E-state index contributed by atoms with van der Waals surface area (Å²) in [7, 11) is 4.55. The molecular formula is C12H25N3. The van der Waals surface area contributed by atoms with Crippen molar-refractivity contribution in [3.05, 3.63) is 0 Å². The molecule has 2 aliphatic heterocycles. The summed E-state index contributed by atoms with van der Waals surface area (Å²) >= 11 is 0. The fraction of sp³-hybridized carbons (Fsp3) is 1.00. The third-order valence-corrected chi connectivity index (χ3v) is 3.97. The van der Waals surface area contributed by atoms with Crippen LogP contribution < -0.4 is 5.32 Å². The summed E-state index contributed by atoms with van der Waals surface area (Å²) in [6, 6.07) is 0.831. The molecule has 0 amide bonds. The molecule has 0 aromatic heterocycles.